The largest absolute Gasteiger partial charge is 0.282 e. The molecule has 0 amide bonds. The Balaban J connectivity index is 1.77. The third kappa shape index (κ3) is 3.17. The van der Waals surface area contributed by atoms with Crippen LogP contribution >= 0.6 is 11.8 Å². The Morgan fingerprint density at radius 3 is 1.43 bits per heavy atom. The number of nitrogens with zero attached hydrogens (tertiary/aromatic N) is 1. The van der Waals surface area contributed by atoms with Crippen LogP contribution in [0.15, 0.2) is 121 Å². The molecule has 0 aromatic heterocycles. The highest BCUT2D eigenvalue weighted by Gasteiger charge is 2.54. The zero-order valence-corrected chi connectivity index (χ0v) is 17.9. The van der Waals surface area contributed by atoms with E-state index in [1.807, 2.05) is 0 Å². The molecule has 0 N–H and O–H groups in total. The Labute approximate surface area is 183 Å². The molecule has 30 heavy (non-hydrogen) atoms. The molecule has 0 saturated carbocycles. The van der Waals surface area contributed by atoms with Crippen LogP contribution in [-0.2, 0) is 4.75 Å². The fourth-order valence-corrected chi connectivity index (χ4v) is 6.67. The number of hydrogen-bond acceptors (Lipinski definition) is 2. The maximum Gasteiger partial charge on any atom is 0.0873 e. The number of thioether (sulfide) groups is 1. The van der Waals surface area contributed by atoms with Crippen molar-refractivity contribution in [3.8, 4) is 0 Å². The fourth-order valence-electron chi connectivity index (χ4n) is 4.76. The molecule has 0 bridgehead atoms. The summed E-state index contributed by atoms with van der Waals surface area (Å²) in [6.07, 6.45) is 0. The minimum Gasteiger partial charge on any atom is -0.282 e. The predicted molar refractivity (Wildman–Crippen MR) is 127 cm³/mol. The van der Waals surface area contributed by atoms with E-state index in [1.165, 1.54) is 22.3 Å². The van der Waals surface area contributed by atoms with Crippen molar-refractivity contribution in [3.05, 3.63) is 144 Å². The van der Waals surface area contributed by atoms with Gasteiger partial charge in [-0.25, -0.2) is 0 Å². The summed E-state index contributed by atoms with van der Waals surface area (Å²) in [6.45, 7) is 0. The minimum atomic E-state index is -0.209. The van der Waals surface area contributed by atoms with Gasteiger partial charge in [-0.2, -0.15) is 0 Å². The second-order valence-electron chi connectivity index (χ2n) is 7.83. The van der Waals surface area contributed by atoms with E-state index in [-0.39, 0.29) is 16.2 Å². The van der Waals surface area contributed by atoms with Crippen LogP contribution in [0.25, 0.3) is 0 Å². The molecule has 4 aromatic carbocycles. The average molecular weight is 408 g/mol. The third-order valence-corrected chi connectivity index (χ3v) is 7.96. The number of benzene rings is 4. The van der Waals surface area contributed by atoms with E-state index in [9.17, 15) is 0 Å². The van der Waals surface area contributed by atoms with Gasteiger partial charge in [-0.15, -0.1) is 11.8 Å². The van der Waals surface area contributed by atoms with E-state index in [4.69, 9.17) is 0 Å². The van der Waals surface area contributed by atoms with Gasteiger partial charge < -0.3 is 0 Å². The first kappa shape index (κ1) is 19.2. The smallest absolute Gasteiger partial charge is 0.0873 e. The van der Waals surface area contributed by atoms with Crippen molar-refractivity contribution in [3.63, 3.8) is 0 Å². The Morgan fingerprint density at radius 2 is 0.967 bits per heavy atom. The Hall–Kier alpha value is -2.81. The first-order valence-corrected chi connectivity index (χ1v) is 11.3. The third-order valence-electron chi connectivity index (χ3n) is 6.07. The van der Waals surface area contributed by atoms with Crippen molar-refractivity contribution < 1.29 is 0 Å². The molecule has 1 aliphatic heterocycles. The molecule has 2 atom stereocenters. The zero-order chi connectivity index (χ0) is 20.4. The van der Waals surface area contributed by atoms with Crippen LogP contribution in [0, 0.1) is 0 Å². The molecule has 0 spiro atoms. The summed E-state index contributed by atoms with van der Waals surface area (Å²) in [7, 11) is 2.27. The molecule has 1 heterocycles. The lowest BCUT2D eigenvalue weighted by atomic mass is 9.80. The summed E-state index contributed by atoms with van der Waals surface area (Å²) in [4.78, 5) is 2.55. The lowest BCUT2D eigenvalue weighted by Crippen LogP contribution is -2.34. The molecule has 1 fully saturated rings. The molecule has 2 heteroatoms. The van der Waals surface area contributed by atoms with E-state index in [1.54, 1.807) is 0 Å². The van der Waals surface area contributed by atoms with E-state index >= 15 is 0 Å². The highest BCUT2D eigenvalue weighted by molar-refractivity contribution is 8.00. The molecule has 0 aliphatic carbocycles. The van der Waals surface area contributed by atoms with Crippen molar-refractivity contribution in [1.29, 1.82) is 0 Å². The maximum atomic E-state index is 2.55. The van der Waals surface area contributed by atoms with Gasteiger partial charge in [0.2, 0.25) is 0 Å². The minimum absolute atomic E-state index is 0.207. The van der Waals surface area contributed by atoms with Gasteiger partial charge >= 0.3 is 0 Å². The molecule has 1 saturated heterocycles. The zero-order valence-electron chi connectivity index (χ0n) is 17.1. The molecule has 148 valence electrons. The SMILES string of the molecule is CN1[C@@H](c2ccccc2)SC(c2ccccc2)(c2ccccc2)[C@H]1c1ccccc1. The van der Waals surface area contributed by atoms with E-state index in [0.29, 0.717) is 0 Å². The first-order chi connectivity index (χ1) is 14.8. The molecular formula is C28H25NS. The first-order valence-electron chi connectivity index (χ1n) is 10.4. The van der Waals surface area contributed by atoms with Gasteiger partial charge in [0.05, 0.1) is 16.2 Å². The molecule has 4 aromatic rings. The summed E-state index contributed by atoms with van der Waals surface area (Å²) < 4.78 is -0.209. The Kier molecular flexibility index (Phi) is 5.20. The predicted octanol–water partition coefficient (Wildman–Crippen LogP) is 7.05. The van der Waals surface area contributed by atoms with E-state index in [0.717, 1.165) is 0 Å². The highest BCUT2D eigenvalue weighted by atomic mass is 32.2. The van der Waals surface area contributed by atoms with Gasteiger partial charge in [-0.05, 0) is 29.3 Å². The Morgan fingerprint density at radius 1 is 0.567 bits per heavy atom. The number of hydrogen-bond donors (Lipinski definition) is 0. The summed E-state index contributed by atoms with van der Waals surface area (Å²) in [5.74, 6) is 0. The summed E-state index contributed by atoms with van der Waals surface area (Å²) in [5, 5.41) is 0.261. The topological polar surface area (TPSA) is 3.24 Å². The van der Waals surface area contributed by atoms with Gasteiger partial charge in [0, 0.05) is 0 Å². The maximum absolute atomic E-state index is 2.55. The molecular weight excluding hydrogens is 382 g/mol. The van der Waals surface area contributed by atoms with Crippen LogP contribution in [0.2, 0.25) is 0 Å². The fraction of sp³-hybridized carbons (Fsp3) is 0.143. The average Bonchev–Trinajstić information content (AvgIpc) is 3.15. The standard InChI is InChI=1S/C28H25NS/c1-29-26(22-14-6-2-7-15-22)28(24-18-10-4-11-19-24,25-20-12-5-13-21-25)30-27(29)23-16-8-3-9-17-23/h2-21,26-27H,1H3/t26-,27-/m1/s1. The van der Waals surface area contributed by atoms with Crippen molar-refractivity contribution in [2.75, 3.05) is 7.05 Å². The van der Waals surface area contributed by atoms with E-state index in [2.05, 4.69) is 145 Å². The lowest BCUT2D eigenvalue weighted by molar-refractivity contribution is 0.226. The molecule has 1 aliphatic rings. The van der Waals surface area contributed by atoms with Crippen LogP contribution in [0.4, 0.5) is 0 Å². The highest BCUT2D eigenvalue weighted by Crippen LogP contribution is 2.65. The lowest BCUT2D eigenvalue weighted by Gasteiger charge is -2.37. The monoisotopic (exact) mass is 407 g/mol. The molecule has 5 rings (SSSR count). The summed E-state index contributed by atoms with van der Waals surface area (Å²) in [6, 6.07) is 44.1. The van der Waals surface area contributed by atoms with Gasteiger partial charge in [0.15, 0.2) is 0 Å². The van der Waals surface area contributed by atoms with Crippen LogP contribution in [0.3, 0.4) is 0 Å². The van der Waals surface area contributed by atoms with Crippen LogP contribution in [0.5, 0.6) is 0 Å². The van der Waals surface area contributed by atoms with Gasteiger partial charge in [-0.3, -0.25) is 4.90 Å². The van der Waals surface area contributed by atoms with Gasteiger partial charge in [-0.1, -0.05) is 121 Å². The normalized spacial score (nSPS) is 20.8. The van der Waals surface area contributed by atoms with Crippen molar-refractivity contribution in [2.24, 2.45) is 0 Å². The van der Waals surface area contributed by atoms with Gasteiger partial charge in [0.1, 0.15) is 0 Å². The Bertz CT molecular complexity index is 1040. The van der Waals surface area contributed by atoms with Crippen LogP contribution in [-0.4, -0.2) is 11.9 Å². The molecule has 1 nitrogen and oxygen atoms in total. The summed E-state index contributed by atoms with van der Waals surface area (Å²) >= 11 is 2.05. The quantitative estimate of drug-likeness (QED) is 0.357. The van der Waals surface area contributed by atoms with E-state index < -0.39 is 0 Å². The number of rotatable bonds is 4. The summed E-state index contributed by atoms with van der Waals surface area (Å²) in [5.41, 5.74) is 5.39. The molecule has 0 unspecified atom stereocenters. The van der Waals surface area contributed by atoms with Crippen LogP contribution < -0.4 is 0 Å². The molecule has 0 radical (unpaired) electrons. The van der Waals surface area contributed by atoms with Gasteiger partial charge in [0.25, 0.3) is 0 Å². The van der Waals surface area contributed by atoms with Crippen LogP contribution in [0.1, 0.15) is 33.7 Å². The van der Waals surface area contributed by atoms with Crippen molar-refractivity contribution in [2.45, 2.75) is 16.2 Å². The van der Waals surface area contributed by atoms with Crippen molar-refractivity contribution in [1.82, 2.24) is 4.90 Å². The second kappa shape index (κ2) is 8.14. The van der Waals surface area contributed by atoms with Crippen molar-refractivity contribution >= 4 is 11.8 Å². The second-order valence-corrected chi connectivity index (χ2v) is 9.15. The number of likely N-dealkylation sites (N-methyl/N-ethyl adjacent to an activating group) is 1.